The Kier molecular flexibility index (Phi) is 5.52. The molecule has 8 heteroatoms. The molecule has 0 aliphatic carbocycles. The van der Waals surface area contributed by atoms with Gasteiger partial charge in [0.2, 0.25) is 0 Å². The van der Waals surface area contributed by atoms with Crippen molar-refractivity contribution in [2.75, 3.05) is 6.61 Å². The number of carbonyl (C=O) groups is 2. The van der Waals surface area contributed by atoms with Gasteiger partial charge in [-0.05, 0) is 30.7 Å². The van der Waals surface area contributed by atoms with Crippen LogP contribution in [-0.4, -0.2) is 28.7 Å². The average molecular weight is 386 g/mol. The van der Waals surface area contributed by atoms with Crippen LogP contribution in [0.2, 0.25) is 5.02 Å². The molecule has 27 heavy (non-hydrogen) atoms. The van der Waals surface area contributed by atoms with E-state index in [1.807, 2.05) is 6.07 Å². The van der Waals surface area contributed by atoms with E-state index in [-0.39, 0.29) is 11.7 Å². The van der Waals surface area contributed by atoms with Crippen molar-refractivity contribution in [3.8, 4) is 0 Å². The topological polar surface area (TPSA) is 101 Å². The van der Waals surface area contributed by atoms with E-state index in [0.717, 1.165) is 5.56 Å². The molecule has 1 amide bonds. The molecular weight excluding hydrogens is 370 g/mol. The molecule has 7 nitrogen and oxygen atoms in total. The van der Waals surface area contributed by atoms with E-state index < -0.39 is 24.0 Å². The molecule has 0 aliphatic rings. The molecule has 1 heterocycles. The van der Waals surface area contributed by atoms with Gasteiger partial charge in [0, 0.05) is 10.4 Å². The van der Waals surface area contributed by atoms with Gasteiger partial charge in [0.05, 0.1) is 11.4 Å². The minimum Gasteiger partial charge on any atom is -0.451 e. The largest absolute Gasteiger partial charge is 0.451 e. The summed E-state index contributed by atoms with van der Waals surface area (Å²) >= 11 is 5.94. The number of aromatic amines is 1. The van der Waals surface area contributed by atoms with Crippen molar-refractivity contribution in [2.45, 2.75) is 13.0 Å². The molecule has 138 valence electrons. The summed E-state index contributed by atoms with van der Waals surface area (Å²) in [5, 5.41) is 9.96. The highest BCUT2D eigenvalue weighted by atomic mass is 35.5. The maximum atomic E-state index is 12.3. The molecule has 0 fully saturated rings. The molecule has 0 aliphatic heterocycles. The number of nitrogens with zero attached hydrogens (tertiary/aromatic N) is 1. The van der Waals surface area contributed by atoms with Crippen molar-refractivity contribution in [2.24, 2.45) is 0 Å². The van der Waals surface area contributed by atoms with Gasteiger partial charge >= 0.3 is 5.97 Å². The average Bonchev–Trinajstić information content (AvgIpc) is 2.66. The van der Waals surface area contributed by atoms with Gasteiger partial charge in [0.25, 0.3) is 11.5 Å². The van der Waals surface area contributed by atoms with Gasteiger partial charge in [0.15, 0.2) is 12.3 Å². The lowest BCUT2D eigenvalue weighted by Crippen LogP contribution is -2.31. The molecule has 3 rings (SSSR count). The zero-order chi connectivity index (χ0) is 19.4. The molecule has 1 aromatic heterocycles. The number of rotatable bonds is 5. The number of fused-ring (bicyclic) bond motifs is 1. The number of hydrogen-bond acceptors (Lipinski definition) is 5. The van der Waals surface area contributed by atoms with E-state index in [0.29, 0.717) is 15.8 Å². The third-order valence-electron chi connectivity index (χ3n) is 3.95. The van der Waals surface area contributed by atoms with Crippen molar-refractivity contribution in [1.82, 2.24) is 15.5 Å². The number of amides is 1. The zero-order valence-electron chi connectivity index (χ0n) is 14.4. The van der Waals surface area contributed by atoms with Crippen LogP contribution in [0.1, 0.15) is 29.0 Å². The van der Waals surface area contributed by atoms with E-state index >= 15 is 0 Å². The summed E-state index contributed by atoms with van der Waals surface area (Å²) in [4.78, 5) is 36.1. The molecule has 2 N–H and O–H groups in total. The third-order valence-corrected chi connectivity index (χ3v) is 4.19. The molecule has 0 saturated heterocycles. The van der Waals surface area contributed by atoms with Gasteiger partial charge in [-0.2, -0.15) is 5.10 Å². The first-order chi connectivity index (χ1) is 13.0. The summed E-state index contributed by atoms with van der Waals surface area (Å²) in [6, 6.07) is 13.3. The van der Waals surface area contributed by atoms with Crippen LogP contribution in [0.25, 0.3) is 10.8 Å². The normalized spacial score (nSPS) is 11.8. The lowest BCUT2D eigenvalue weighted by atomic mass is 10.1. The molecule has 0 saturated carbocycles. The first-order valence-corrected chi connectivity index (χ1v) is 8.53. The van der Waals surface area contributed by atoms with Gasteiger partial charge < -0.3 is 10.1 Å². The van der Waals surface area contributed by atoms with Crippen molar-refractivity contribution in [3.63, 3.8) is 0 Å². The summed E-state index contributed by atoms with van der Waals surface area (Å²) in [6.07, 6.45) is 0. The predicted octanol–water partition coefficient (Wildman–Crippen LogP) is 2.61. The highest BCUT2D eigenvalue weighted by molar-refractivity contribution is 6.30. The summed E-state index contributed by atoms with van der Waals surface area (Å²) in [5.74, 6) is -1.27. The molecule has 0 bridgehead atoms. The van der Waals surface area contributed by atoms with Crippen LogP contribution in [0.4, 0.5) is 0 Å². The van der Waals surface area contributed by atoms with Crippen LogP contribution in [0.3, 0.4) is 0 Å². The number of benzene rings is 2. The van der Waals surface area contributed by atoms with Crippen LogP contribution < -0.4 is 10.9 Å². The minimum absolute atomic E-state index is 0.0547. The molecule has 0 spiro atoms. The second-order valence-corrected chi connectivity index (χ2v) is 6.30. The number of carbonyl (C=O) groups excluding carboxylic acids is 2. The SMILES string of the molecule is CC(NC(=O)COC(=O)c1n[nH]c(=O)c2ccccc12)c1cccc(Cl)c1. The fourth-order valence-corrected chi connectivity index (χ4v) is 2.81. The zero-order valence-corrected chi connectivity index (χ0v) is 15.1. The van der Waals surface area contributed by atoms with Crippen molar-refractivity contribution in [3.05, 3.63) is 75.2 Å². The second kappa shape index (κ2) is 8.01. The van der Waals surface area contributed by atoms with E-state index in [1.165, 1.54) is 0 Å². The van der Waals surface area contributed by atoms with Crippen LogP contribution in [0, 0.1) is 0 Å². The number of ether oxygens (including phenoxy) is 1. The standard InChI is InChI=1S/C19H16ClN3O4/c1-11(12-5-4-6-13(20)9-12)21-16(24)10-27-19(26)17-14-7-2-3-8-15(14)18(25)23-22-17/h2-9,11H,10H2,1H3,(H,21,24)(H,23,25). The van der Waals surface area contributed by atoms with Crippen LogP contribution in [-0.2, 0) is 9.53 Å². The van der Waals surface area contributed by atoms with E-state index in [1.54, 1.807) is 49.4 Å². The monoisotopic (exact) mass is 385 g/mol. The maximum Gasteiger partial charge on any atom is 0.359 e. The fourth-order valence-electron chi connectivity index (χ4n) is 2.61. The molecule has 0 radical (unpaired) electrons. The lowest BCUT2D eigenvalue weighted by molar-refractivity contribution is -0.124. The first-order valence-electron chi connectivity index (χ1n) is 8.15. The Morgan fingerprint density at radius 1 is 1.19 bits per heavy atom. The Bertz CT molecular complexity index is 1060. The minimum atomic E-state index is -0.798. The second-order valence-electron chi connectivity index (χ2n) is 5.87. The van der Waals surface area contributed by atoms with Gasteiger partial charge in [-0.15, -0.1) is 0 Å². The molecular formula is C19H16ClN3O4. The number of esters is 1. The number of H-pyrrole nitrogens is 1. The summed E-state index contributed by atoms with van der Waals surface area (Å²) < 4.78 is 5.04. The number of halogens is 1. The van der Waals surface area contributed by atoms with Crippen LogP contribution >= 0.6 is 11.6 Å². The predicted molar refractivity (Wildman–Crippen MR) is 101 cm³/mol. The summed E-state index contributed by atoms with van der Waals surface area (Å²) in [6.45, 7) is 1.32. The summed E-state index contributed by atoms with van der Waals surface area (Å²) in [5.41, 5.74) is 0.367. The number of aromatic nitrogens is 2. The van der Waals surface area contributed by atoms with Gasteiger partial charge in [-0.1, -0.05) is 41.9 Å². The lowest BCUT2D eigenvalue weighted by Gasteiger charge is -2.14. The van der Waals surface area contributed by atoms with Crippen molar-refractivity contribution in [1.29, 1.82) is 0 Å². The molecule has 1 atom stereocenters. The third kappa shape index (κ3) is 4.32. The highest BCUT2D eigenvalue weighted by Gasteiger charge is 2.17. The van der Waals surface area contributed by atoms with Gasteiger partial charge in [-0.25, -0.2) is 9.89 Å². The highest BCUT2D eigenvalue weighted by Crippen LogP contribution is 2.17. The summed E-state index contributed by atoms with van der Waals surface area (Å²) in [7, 11) is 0. The molecule has 2 aromatic carbocycles. The maximum absolute atomic E-state index is 12.3. The Labute approximate surface area is 159 Å². The fraction of sp³-hybridized carbons (Fsp3) is 0.158. The van der Waals surface area contributed by atoms with Gasteiger partial charge in [-0.3, -0.25) is 9.59 Å². The van der Waals surface area contributed by atoms with E-state index in [9.17, 15) is 14.4 Å². The Hall–Kier alpha value is -3.19. The number of nitrogens with one attached hydrogen (secondary N) is 2. The Morgan fingerprint density at radius 2 is 1.93 bits per heavy atom. The number of hydrogen-bond donors (Lipinski definition) is 2. The van der Waals surface area contributed by atoms with Gasteiger partial charge in [0.1, 0.15) is 0 Å². The Balaban J connectivity index is 1.65. The van der Waals surface area contributed by atoms with Crippen LogP contribution in [0.5, 0.6) is 0 Å². The Morgan fingerprint density at radius 3 is 2.67 bits per heavy atom. The molecule has 1 unspecified atom stereocenters. The molecule has 3 aromatic rings. The quantitative estimate of drug-likeness (QED) is 0.657. The smallest absolute Gasteiger partial charge is 0.359 e. The van der Waals surface area contributed by atoms with Crippen molar-refractivity contribution >= 4 is 34.2 Å². The van der Waals surface area contributed by atoms with Crippen LogP contribution in [0.15, 0.2) is 53.3 Å². The van der Waals surface area contributed by atoms with E-state index in [2.05, 4.69) is 15.5 Å². The van der Waals surface area contributed by atoms with E-state index in [4.69, 9.17) is 16.3 Å². The first kappa shape index (κ1) is 18.6. The van der Waals surface area contributed by atoms with Crippen molar-refractivity contribution < 1.29 is 14.3 Å².